The smallest absolute Gasteiger partial charge is 0.380 e. The molecule has 0 aliphatic carbocycles. The van der Waals surface area contributed by atoms with Crippen molar-refractivity contribution >= 4 is 11.8 Å². The summed E-state index contributed by atoms with van der Waals surface area (Å²) in [5, 5.41) is 11.8. The van der Waals surface area contributed by atoms with Gasteiger partial charge in [0.15, 0.2) is 5.60 Å². The number of carbonyl (C=O) groups excluding carboxylic acids is 2. The molecule has 1 heterocycles. The number of amides is 2. The molecule has 1 aliphatic rings. The van der Waals surface area contributed by atoms with Crippen LogP contribution >= 0.6 is 0 Å². The minimum Gasteiger partial charge on any atom is -0.380 e. The van der Waals surface area contributed by atoms with Gasteiger partial charge >= 0.3 is 6.18 Å². The van der Waals surface area contributed by atoms with Gasteiger partial charge in [-0.15, -0.1) is 0 Å². The predicted molar refractivity (Wildman–Crippen MR) is 75.6 cm³/mol. The van der Waals surface area contributed by atoms with Crippen molar-refractivity contribution in [3.63, 3.8) is 0 Å². The number of halogens is 4. The summed E-state index contributed by atoms with van der Waals surface area (Å²) in [6.07, 6.45) is -5.96. The fourth-order valence-corrected chi connectivity index (χ4v) is 2.41. The Labute approximate surface area is 135 Å². The lowest BCUT2D eigenvalue weighted by atomic mass is 9.91. The van der Waals surface area contributed by atoms with Crippen LogP contribution in [0.25, 0.3) is 0 Å². The lowest BCUT2D eigenvalue weighted by Gasteiger charge is -2.39. The van der Waals surface area contributed by atoms with Crippen molar-refractivity contribution in [3.05, 3.63) is 35.6 Å². The molecule has 0 radical (unpaired) electrons. The number of rotatable bonds is 3. The van der Waals surface area contributed by atoms with Gasteiger partial charge in [0.1, 0.15) is 5.82 Å². The van der Waals surface area contributed by atoms with Gasteiger partial charge in [-0.25, -0.2) is 4.39 Å². The summed E-state index contributed by atoms with van der Waals surface area (Å²) < 4.78 is 51.1. The van der Waals surface area contributed by atoms with Crippen LogP contribution in [0.2, 0.25) is 0 Å². The van der Waals surface area contributed by atoms with E-state index in [1.165, 1.54) is 12.1 Å². The highest BCUT2D eigenvalue weighted by molar-refractivity contribution is 5.96. The summed E-state index contributed by atoms with van der Waals surface area (Å²) in [4.78, 5) is 24.9. The van der Waals surface area contributed by atoms with Crippen molar-refractivity contribution in [1.82, 2.24) is 10.2 Å². The van der Waals surface area contributed by atoms with Crippen LogP contribution in [0, 0.1) is 5.82 Å². The second-order valence-corrected chi connectivity index (χ2v) is 5.60. The number of piperidine rings is 1. The topological polar surface area (TPSA) is 69.6 Å². The van der Waals surface area contributed by atoms with Crippen LogP contribution in [0.5, 0.6) is 0 Å². The SMILES string of the molecule is O=C(NCC(=O)N1CCC(O)(C(F)(F)F)CC1)c1cccc(F)c1. The highest BCUT2D eigenvalue weighted by atomic mass is 19.4. The highest BCUT2D eigenvalue weighted by Gasteiger charge is 2.54. The van der Waals surface area contributed by atoms with E-state index in [2.05, 4.69) is 5.32 Å². The van der Waals surface area contributed by atoms with Crippen molar-refractivity contribution in [2.24, 2.45) is 0 Å². The average Bonchev–Trinajstić information content (AvgIpc) is 2.52. The number of nitrogens with zero attached hydrogens (tertiary/aromatic N) is 1. The number of benzene rings is 1. The van der Waals surface area contributed by atoms with Gasteiger partial charge in [-0.2, -0.15) is 13.2 Å². The van der Waals surface area contributed by atoms with Gasteiger partial charge in [0.2, 0.25) is 5.91 Å². The Morgan fingerprint density at radius 2 is 1.88 bits per heavy atom. The molecule has 0 bridgehead atoms. The standard InChI is InChI=1S/C15H16F4N2O3/c16-11-3-1-2-10(8-11)13(23)20-9-12(22)21-6-4-14(24,5-7-21)15(17,18)19/h1-3,8,24H,4-7,9H2,(H,20,23). The lowest BCUT2D eigenvalue weighted by molar-refractivity contribution is -0.272. The first-order valence-electron chi connectivity index (χ1n) is 7.23. The normalized spacial score (nSPS) is 17.5. The molecule has 1 aromatic rings. The van der Waals surface area contributed by atoms with E-state index in [0.29, 0.717) is 0 Å². The first-order chi connectivity index (χ1) is 11.1. The van der Waals surface area contributed by atoms with E-state index >= 15 is 0 Å². The van der Waals surface area contributed by atoms with Gasteiger partial charge in [0.05, 0.1) is 6.54 Å². The van der Waals surface area contributed by atoms with Crippen LogP contribution in [0.4, 0.5) is 17.6 Å². The quantitative estimate of drug-likeness (QED) is 0.813. The lowest BCUT2D eigenvalue weighted by Crippen LogP contribution is -2.55. The third-order valence-corrected chi connectivity index (χ3v) is 3.96. The summed E-state index contributed by atoms with van der Waals surface area (Å²) in [7, 11) is 0. The third kappa shape index (κ3) is 4.02. The average molecular weight is 348 g/mol. The molecule has 0 saturated carbocycles. The highest BCUT2D eigenvalue weighted by Crippen LogP contribution is 2.38. The van der Waals surface area contributed by atoms with Crippen molar-refractivity contribution < 1.29 is 32.3 Å². The number of hydrogen-bond acceptors (Lipinski definition) is 3. The zero-order valence-electron chi connectivity index (χ0n) is 12.6. The summed E-state index contributed by atoms with van der Waals surface area (Å²) >= 11 is 0. The van der Waals surface area contributed by atoms with E-state index in [-0.39, 0.29) is 18.7 Å². The number of likely N-dealkylation sites (tertiary alicyclic amines) is 1. The fourth-order valence-electron chi connectivity index (χ4n) is 2.41. The van der Waals surface area contributed by atoms with Gasteiger partial charge in [0, 0.05) is 31.5 Å². The Bertz CT molecular complexity index is 625. The molecule has 132 valence electrons. The third-order valence-electron chi connectivity index (χ3n) is 3.96. The monoisotopic (exact) mass is 348 g/mol. The Morgan fingerprint density at radius 3 is 2.42 bits per heavy atom. The van der Waals surface area contributed by atoms with Crippen LogP contribution in [0.15, 0.2) is 24.3 Å². The Kier molecular flexibility index (Phi) is 5.12. The maximum Gasteiger partial charge on any atom is 0.417 e. The summed E-state index contributed by atoms with van der Waals surface area (Å²) in [6, 6.07) is 4.88. The Balaban J connectivity index is 1.85. The minimum atomic E-state index is -4.74. The number of alkyl halides is 3. The number of hydrogen-bond donors (Lipinski definition) is 2. The van der Waals surface area contributed by atoms with E-state index in [0.717, 1.165) is 17.0 Å². The van der Waals surface area contributed by atoms with E-state index in [1.807, 2.05) is 0 Å². The zero-order chi connectivity index (χ0) is 18.0. The van der Waals surface area contributed by atoms with Crippen LogP contribution in [0.3, 0.4) is 0 Å². The van der Waals surface area contributed by atoms with E-state index in [1.54, 1.807) is 0 Å². The Morgan fingerprint density at radius 1 is 1.25 bits per heavy atom. The summed E-state index contributed by atoms with van der Waals surface area (Å²) in [6.45, 7) is -0.935. The number of nitrogens with one attached hydrogen (secondary N) is 1. The van der Waals surface area contributed by atoms with Crippen molar-refractivity contribution in [3.8, 4) is 0 Å². The largest absolute Gasteiger partial charge is 0.417 e. The maximum atomic E-state index is 13.0. The summed E-state index contributed by atoms with van der Waals surface area (Å²) in [5.41, 5.74) is -2.75. The van der Waals surface area contributed by atoms with Gasteiger partial charge in [0.25, 0.3) is 5.91 Å². The number of carbonyl (C=O) groups is 2. The van der Waals surface area contributed by atoms with E-state index in [9.17, 15) is 32.3 Å². The molecule has 5 nitrogen and oxygen atoms in total. The first-order valence-corrected chi connectivity index (χ1v) is 7.23. The molecule has 2 amide bonds. The van der Waals surface area contributed by atoms with Crippen LogP contribution < -0.4 is 5.32 Å². The fraction of sp³-hybridized carbons (Fsp3) is 0.467. The molecular formula is C15H16F4N2O3. The van der Waals surface area contributed by atoms with E-state index < -0.39 is 48.8 Å². The molecule has 0 aromatic heterocycles. The van der Waals surface area contributed by atoms with Crippen LogP contribution in [-0.2, 0) is 4.79 Å². The zero-order valence-corrected chi connectivity index (χ0v) is 12.6. The van der Waals surface area contributed by atoms with Gasteiger partial charge in [-0.1, -0.05) is 6.07 Å². The predicted octanol–water partition coefficient (Wildman–Crippen LogP) is 1.47. The first kappa shape index (κ1) is 18.2. The second-order valence-electron chi connectivity index (χ2n) is 5.60. The summed E-state index contributed by atoms with van der Waals surface area (Å²) in [5.74, 6) is -1.83. The molecule has 1 aromatic carbocycles. The van der Waals surface area contributed by atoms with Crippen LogP contribution in [-0.4, -0.2) is 53.2 Å². The molecule has 9 heteroatoms. The maximum absolute atomic E-state index is 13.0. The molecule has 2 rings (SSSR count). The van der Waals surface area contributed by atoms with Crippen molar-refractivity contribution in [2.45, 2.75) is 24.6 Å². The number of aliphatic hydroxyl groups is 1. The van der Waals surface area contributed by atoms with Gasteiger partial charge in [-0.3, -0.25) is 9.59 Å². The molecule has 0 spiro atoms. The Hall–Kier alpha value is -2.16. The van der Waals surface area contributed by atoms with Crippen molar-refractivity contribution in [1.29, 1.82) is 0 Å². The molecule has 1 fully saturated rings. The molecule has 2 N–H and O–H groups in total. The molecule has 0 unspecified atom stereocenters. The minimum absolute atomic E-state index is 0.0351. The van der Waals surface area contributed by atoms with Gasteiger partial charge < -0.3 is 15.3 Å². The van der Waals surface area contributed by atoms with Crippen LogP contribution in [0.1, 0.15) is 23.2 Å². The second kappa shape index (κ2) is 6.76. The molecule has 24 heavy (non-hydrogen) atoms. The molecule has 1 saturated heterocycles. The molecular weight excluding hydrogens is 332 g/mol. The van der Waals surface area contributed by atoms with E-state index in [4.69, 9.17) is 0 Å². The van der Waals surface area contributed by atoms with Crippen molar-refractivity contribution in [2.75, 3.05) is 19.6 Å². The van der Waals surface area contributed by atoms with Gasteiger partial charge in [-0.05, 0) is 18.2 Å². The molecule has 0 atom stereocenters. The molecule has 1 aliphatic heterocycles.